The number of hydrogen-bond acceptors (Lipinski definition) is 4. The zero-order chi connectivity index (χ0) is 21.3. The van der Waals surface area contributed by atoms with E-state index in [4.69, 9.17) is 21.1 Å². The summed E-state index contributed by atoms with van der Waals surface area (Å²) in [6, 6.07) is 23.7. The van der Waals surface area contributed by atoms with E-state index in [9.17, 15) is 5.11 Å². The quantitative estimate of drug-likeness (QED) is 0.488. The number of halogens is 1. The first-order valence-corrected chi connectivity index (χ1v) is 10.4. The molecule has 0 aliphatic heterocycles. The Balaban J connectivity index is 1.72. The largest absolute Gasteiger partial charge is 0.493 e. The van der Waals surface area contributed by atoms with Crippen LogP contribution in [0.4, 0.5) is 0 Å². The van der Waals surface area contributed by atoms with Crippen LogP contribution in [-0.2, 0) is 13.0 Å². The Kier molecular flexibility index (Phi) is 8.14. The Hall–Kier alpha value is -2.53. The summed E-state index contributed by atoms with van der Waals surface area (Å²) in [7, 11) is 3.28. The van der Waals surface area contributed by atoms with E-state index in [0.29, 0.717) is 11.6 Å². The molecule has 0 bridgehead atoms. The second-order valence-electron chi connectivity index (χ2n) is 7.23. The molecule has 1 atom stereocenters. The van der Waals surface area contributed by atoms with Crippen LogP contribution in [0.25, 0.3) is 0 Å². The SMILES string of the molecule is COc1ccc(CCN(Cc2ccccc2)CC(O)c2cccc(Cl)c2)cc1OC. The highest BCUT2D eigenvalue weighted by atomic mass is 35.5. The minimum Gasteiger partial charge on any atom is -0.493 e. The fourth-order valence-electron chi connectivity index (χ4n) is 3.46. The number of hydrogen-bond donors (Lipinski definition) is 1. The van der Waals surface area contributed by atoms with Crippen LogP contribution in [0.2, 0.25) is 5.02 Å². The third-order valence-corrected chi connectivity index (χ3v) is 5.31. The minimum atomic E-state index is -0.613. The summed E-state index contributed by atoms with van der Waals surface area (Å²) >= 11 is 6.10. The Labute approximate surface area is 183 Å². The van der Waals surface area contributed by atoms with E-state index >= 15 is 0 Å². The Bertz CT molecular complexity index is 933. The highest BCUT2D eigenvalue weighted by Gasteiger charge is 2.15. The number of rotatable bonds is 10. The lowest BCUT2D eigenvalue weighted by Gasteiger charge is -2.26. The minimum absolute atomic E-state index is 0.516. The first kappa shape index (κ1) is 22.2. The fourth-order valence-corrected chi connectivity index (χ4v) is 3.66. The third-order valence-electron chi connectivity index (χ3n) is 5.08. The molecule has 0 aliphatic carbocycles. The van der Waals surface area contributed by atoms with Gasteiger partial charge in [0, 0.05) is 24.7 Å². The van der Waals surface area contributed by atoms with E-state index in [1.54, 1.807) is 14.2 Å². The molecule has 3 aromatic rings. The highest BCUT2D eigenvalue weighted by Crippen LogP contribution is 2.28. The molecule has 0 spiro atoms. The van der Waals surface area contributed by atoms with E-state index in [1.165, 1.54) is 5.56 Å². The molecule has 3 rings (SSSR count). The maximum atomic E-state index is 10.8. The predicted molar refractivity (Wildman–Crippen MR) is 121 cm³/mol. The van der Waals surface area contributed by atoms with Crippen molar-refractivity contribution < 1.29 is 14.6 Å². The van der Waals surface area contributed by atoms with Crippen LogP contribution in [0.3, 0.4) is 0 Å². The molecule has 0 saturated heterocycles. The van der Waals surface area contributed by atoms with Crippen molar-refractivity contribution in [2.45, 2.75) is 19.1 Å². The van der Waals surface area contributed by atoms with Gasteiger partial charge in [0.2, 0.25) is 0 Å². The summed E-state index contributed by atoms with van der Waals surface area (Å²) < 4.78 is 10.7. The van der Waals surface area contributed by atoms with E-state index in [0.717, 1.165) is 42.1 Å². The van der Waals surface area contributed by atoms with E-state index < -0.39 is 6.10 Å². The van der Waals surface area contributed by atoms with Gasteiger partial charge in [0.15, 0.2) is 11.5 Å². The number of methoxy groups -OCH3 is 2. The van der Waals surface area contributed by atoms with Crippen molar-refractivity contribution in [3.05, 3.63) is 94.5 Å². The van der Waals surface area contributed by atoms with Crippen molar-refractivity contribution in [3.8, 4) is 11.5 Å². The van der Waals surface area contributed by atoms with Crippen molar-refractivity contribution in [3.63, 3.8) is 0 Å². The lowest BCUT2D eigenvalue weighted by Crippen LogP contribution is -2.30. The Morgan fingerprint density at radius 3 is 2.33 bits per heavy atom. The van der Waals surface area contributed by atoms with Gasteiger partial charge in [-0.25, -0.2) is 0 Å². The maximum Gasteiger partial charge on any atom is 0.160 e. The molecule has 0 amide bonds. The standard InChI is InChI=1S/C25H28ClNO3/c1-29-24-12-11-19(15-25(24)30-2)13-14-27(17-20-7-4-3-5-8-20)18-23(28)21-9-6-10-22(26)16-21/h3-12,15-16,23,28H,13-14,17-18H2,1-2H3. The van der Waals surface area contributed by atoms with Gasteiger partial charge in [-0.05, 0) is 47.4 Å². The van der Waals surface area contributed by atoms with Crippen LogP contribution < -0.4 is 9.47 Å². The first-order chi connectivity index (χ1) is 14.6. The number of benzene rings is 3. The molecule has 3 aromatic carbocycles. The van der Waals surface area contributed by atoms with Crippen molar-refractivity contribution in [1.82, 2.24) is 4.90 Å². The second kappa shape index (κ2) is 11.0. The van der Waals surface area contributed by atoms with Gasteiger partial charge in [0.1, 0.15) is 0 Å². The molecule has 0 aromatic heterocycles. The van der Waals surface area contributed by atoms with Crippen LogP contribution in [-0.4, -0.2) is 37.3 Å². The summed E-state index contributed by atoms with van der Waals surface area (Å²) in [5.41, 5.74) is 3.19. The summed E-state index contributed by atoms with van der Waals surface area (Å²) in [5, 5.41) is 11.4. The average Bonchev–Trinajstić information content (AvgIpc) is 2.77. The van der Waals surface area contributed by atoms with Crippen molar-refractivity contribution in [2.75, 3.05) is 27.3 Å². The van der Waals surface area contributed by atoms with Crippen molar-refractivity contribution in [2.24, 2.45) is 0 Å². The monoisotopic (exact) mass is 425 g/mol. The molecule has 0 aliphatic rings. The number of nitrogens with zero attached hydrogens (tertiary/aromatic N) is 1. The van der Waals surface area contributed by atoms with E-state index in [1.807, 2.05) is 54.6 Å². The molecule has 4 nitrogen and oxygen atoms in total. The third kappa shape index (κ3) is 6.23. The van der Waals surface area contributed by atoms with Crippen LogP contribution >= 0.6 is 11.6 Å². The highest BCUT2D eigenvalue weighted by molar-refractivity contribution is 6.30. The predicted octanol–water partition coefficient (Wildman–Crippen LogP) is 5.14. The molecular weight excluding hydrogens is 398 g/mol. The normalized spacial score (nSPS) is 12.0. The summed E-state index contributed by atoms with van der Waals surface area (Å²) in [6.07, 6.45) is 0.216. The topological polar surface area (TPSA) is 41.9 Å². The van der Waals surface area contributed by atoms with Gasteiger partial charge in [0.25, 0.3) is 0 Å². The zero-order valence-corrected chi connectivity index (χ0v) is 18.2. The van der Waals surface area contributed by atoms with Crippen molar-refractivity contribution in [1.29, 1.82) is 0 Å². The molecule has 0 radical (unpaired) electrons. The van der Waals surface area contributed by atoms with E-state index in [-0.39, 0.29) is 0 Å². The van der Waals surface area contributed by atoms with Gasteiger partial charge >= 0.3 is 0 Å². The zero-order valence-electron chi connectivity index (χ0n) is 17.4. The van der Waals surface area contributed by atoms with Gasteiger partial charge < -0.3 is 14.6 Å². The molecule has 0 heterocycles. The lowest BCUT2D eigenvalue weighted by atomic mass is 10.1. The molecule has 0 saturated carbocycles. The summed E-state index contributed by atoms with van der Waals surface area (Å²) in [5.74, 6) is 1.45. The van der Waals surface area contributed by atoms with Gasteiger partial charge in [0.05, 0.1) is 20.3 Å². The fraction of sp³-hybridized carbons (Fsp3) is 0.280. The van der Waals surface area contributed by atoms with Crippen LogP contribution in [0, 0.1) is 0 Å². The molecule has 158 valence electrons. The molecule has 1 unspecified atom stereocenters. The Morgan fingerprint density at radius 1 is 0.867 bits per heavy atom. The van der Waals surface area contributed by atoms with Crippen molar-refractivity contribution >= 4 is 11.6 Å². The average molecular weight is 426 g/mol. The lowest BCUT2D eigenvalue weighted by molar-refractivity contribution is 0.109. The van der Waals surface area contributed by atoms with Gasteiger partial charge in [-0.2, -0.15) is 0 Å². The summed E-state index contributed by atoms with van der Waals surface area (Å²) in [4.78, 5) is 2.26. The van der Waals surface area contributed by atoms with Gasteiger partial charge in [-0.1, -0.05) is 60.1 Å². The smallest absolute Gasteiger partial charge is 0.160 e. The van der Waals surface area contributed by atoms with Gasteiger partial charge in [-0.15, -0.1) is 0 Å². The number of aliphatic hydroxyl groups excluding tert-OH is 1. The molecule has 30 heavy (non-hydrogen) atoms. The van der Waals surface area contributed by atoms with Crippen LogP contribution in [0.5, 0.6) is 11.5 Å². The maximum absolute atomic E-state index is 10.8. The molecule has 5 heteroatoms. The van der Waals surface area contributed by atoms with E-state index in [2.05, 4.69) is 23.1 Å². The molecule has 1 N–H and O–H groups in total. The van der Waals surface area contributed by atoms with Crippen LogP contribution in [0.1, 0.15) is 22.8 Å². The van der Waals surface area contributed by atoms with Gasteiger partial charge in [-0.3, -0.25) is 4.90 Å². The van der Waals surface area contributed by atoms with Crippen LogP contribution in [0.15, 0.2) is 72.8 Å². The second-order valence-corrected chi connectivity index (χ2v) is 7.67. The Morgan fingerprint density at radius 2 is 1.63 bits per heavy atom. The summed E-state index contributed by atoms with van der Waals surface area (Å²) in [6.45, 7) is 2.07. The molecule has 0 fully saturated rings. The first-order valence-electron chi connectivity index (χ1n) is 9.99. The number of aliphatic hydroxyl groups is 1. The molecular formula is C25H28ClNO3. The number of ether oxygens (including phenoxy) is 2.